The molecule has 1 aliphatic heterocycles. The summed E-state index contributed by atoms with van der Waals surface area (Å²) >= 11 is 0. The Hall–Kier alpha value is -1.71. The number of nitrogens with zero attached hydrogens (tertiary/aromatic N) is 2. The Kier molecular flexibility index (Phi) is 4.76. The van der Waals surface area contributed by atoms with Gasteiger partial charge in [-0.3, -0.25) is 4.79 Å². The summed E-state index contributed by atoms with van der Waals surface area (Å²) in [4.78, 5) is 17.7. The molecule has 1 saturated heterocycles. The van der Waals surface area contributed by atoms with Crippen LogP contribution in [0.15, 0.2) is 18.2 Å². The van der Waals surface area contributed by atoms with Crippen molar-refractivity contribution in [1.29, 1.82) is 0 Å². The van der Waals surface area contributed by atoms with Crippen LogP contribution in [-0.4, -0.2) is 56.7 Å². The number of hydrogen-bond acceptors (Lipinski definition) is 6. The number of carbonyl (C=O) groups excluding carboxylic acids is 1. The third-order valence-electron chi connectivity index (χ3n) is 3.03. The van der Waals surface area contributed by atoms with Crippen molar-refractivity contribution >= 4 is 21.7 Å². The topological polar surface area (TPSA) is 115 Å². The molecule has 2 rings (SSSR count). The van der Waals surface area contributed by atoms with Gasteiger partial charge in [0.1, 0.15) is 11.9 Å². The highest BCUT2D eigenvalue weighted by Gasteiger charge is 2.26. The minimum absolute atomic E-state index is 0.254. The molecule has 9 heteroatoms. The van der Waals surface area contributed by atoms with Gasteiger partial charge < -0.3 is 15.4 Å². The molecule has 1 aliphatic rings. The van der Waals surface area contributed by atoms with Crippen molar-refractivity contribution in [2.75, 3.05) is 38.2 Å². The van der Waals surface area contributed by atoms with Gasteiger partial charge in [-0.25, -0.2) is 18.1 Å². The highest BCUT2D eigenvalue weighted by Crippen LogP contribution is 2.21. The number of nitrogen functional groups attached to an aromatic ring is 1. The summed E-state index contributed by atoms with van der Waals surface area (Å²) in [7, 11) is -3.39. The first-order valence-electron chi connectivity index (χ1n) is 6.41. The van der Waals surface area contributed by atoms with Gasteiger partial charge in [0.25, 0.3) is 0 Å². The van der Waals surface area contributed by atoms with Crippen LogP contribution in [0, 0.1) is 0 Å². The fraction of sp³-hybridized carbons (Fsp3) is 0.500. The second-order valence-electron chi connectivity index (χ2n) is 4.78. The molecule has 8 nitrogen and oxygen atoms in total. The Morgan fingerprint density at radius 1 is 1.57 bits per heavy atom. The zero-order valence-corrected chi connectivity index (χ0v) is 12.5. The Labute approximate surface area is 123 Å². The molecule has 0 spiro atoms. The van der Waals surface area contributed by atoms with Crippen molar-refractivity contribution in [2.45, 2.75) is 6.10 Å². The van der Waals surface area contributed by atoms with Crippen LogP contribution in [0.25, 0.3) is 0 Å². The number of rotatable bonds is 4. The lowest BCUT2D eigenvalue weighted by Crippen LogP contribution is -2.46. The number of pyridine rings is 1. The molecular formula is C12H18N4O4S. The van der Waals surface area contributed by atoms with Gasteiger partial charge in [0.15, 0.2) is 0 Å². The lowest BCUT2D eigenvalue weighted by atomic mass is 10.2. The van der Waals surface area contributed by atoms with Crippen LogP contribution in [-0.2, 0) is 19.6 Å². The molecule has 0 bridgehead atoms. The molecule has 116 valence electrons. The number of hydrogen-bond donors (Lipinski definition) is 2. The Balaban J connectivity index is 1.99. The summed E-state index contributed by atoms with van der Waals surface area (Å²) in [5.74, 6) is 0.0934. The molecule has 1 amide bonds. The predicted molar refractivity (Wildman–Crippen MR) is 76.8 cm³/mol. The number of carbonyl (C=O) groups is 1. The van der Waals surface area contributed by atoms with Gasteiger partial charge >= 0.3 is 0 Å². The maximum absolute atomic E-state index is 12.0. The molecule has 1 atom stereocenters. The molecule has 2 heterocycles. The Morgan fingerprint density at radius 3 is 3.00 bits per heavy atom. The summed E-state index contributed by atoms with van der Waals surface area (Å²) in [5.41, 5.74) is 6.29. The largest absolute Gasteiger partial charge is 0.384 e. The van der Waals surface area contributed by atoms with Crippen molar-refractivity contribution in [3.8, 4) is 0 Å². The monoisotopic (exact) mass is 314 g/mol. The van der Waals surface area contributed by atoms with Crippen molar-refractivity contribution in [2.24, 2.45) is 0 Å². The van der Waals surface area contributed by atoms with Gasteiger partial charge in [0.2, 0.25) is 15.9 Å². The highest BCUT2D eigenvalue weighted by atomic mass is 32.2. The predicted octanol–water partition coefficient (Wildman–Crippen LogP) is -0.887. The van der Waals surface area contributed by atoms with Crippen LogP contribution < -0.4 is 10.5 Å². The molecule has 1 fully saturated rings. The van der Waals surface area contributed by atoms with E-state index in [1.807, 2.05) is 0 Å². The number of anilines is 1. The molecule has 1 aromatic rings. The van der Waals surface area contributed by atoms with E-state index in [-0.39, 0.29) is 18.6 Å². The average Bonchev–Trinajstić information content (AvgIpc) is 2.44. The second-order valence-corrected chi connectivity index (χ2v) is 6.61. The van der Waals surface area contributed by atoms with Crippen molar-refractivity contribution in [3.63, 3.8) is 0 Å². The van der Waals surface area contributed by atoms with Crippen LogP contribution in [0.3, 0.4) is 0 Å². The van der Waals surface area contributed by atoms with Gasteiger partial charge in [-0.05, 0) is 12.1 Å². The molecule has 3 N–H and O–H groups in total. The summed E-state index contributed by atoms with van der Waals surface area (Å²) in [6, 6.07) is 5.22. The minimum atomic E-state index is -3.39. The van der Waals surface area contributed by atoms with Crippen LogP contribution in [0.5, 0.6) is 0 Å². The SMILES string of the molecule is CS(=O)(=O)NCC(=O)N1CCOC(c2cccc(N)n2)C1. The maximum atomic E-state index is 12.0. The van der Waals surface area contributed by atoms with E-state index in [0.717, 1.165) is 6.26 Å². The molecule has 21 heavy (non-hydrogen) atoms. The second kappa shape index (κ2) is 6.37. The molecule has 0 saturated carbocycles. The van der Waals surface area contributed by atoms with E-state index >= 15 is 0 Å². The van der Waals surface area contributed by atoms with E-state index in [4.69, 9.17) is 10.5 Å². The number of ether oxygens (including phenoxy) is 1. The average molecular weight is 314 g/mol. The zero-order valence-electron chi connectivity index (χ0n) is 11.7. The molecule has 0 radical (unpaired) electrons. The molecular weight excluding hydrogens is 296 g/mol. The lowest BCUT2D eigenvalue weighted by molar-refractivity contribution is -0.137. The fourth-order valence-electron chi connectivity index (χ4n) is 2.01. The summed E-state index contributed by atoms with van der Waals surface area (Å²) in [6.07, 6.45) is 0.656. The number of sulfonamides is 1. The van der Waals surface area contributed by atoms with E-state index in [1.165, 1.54) is 0 Å². The first-order valence-corrected chi connectivity index (χ1v) is 8.31. The summed E-state index contributed by atoms with van der Waals surface area (Å²) in [5, 5.41) is 0. The molecule has 1 unspecified atom stereocenters. The summed E-state index contributed by atoms with van der Waals surface area (Å²) in [6.45, 7) is 0.853. The van der Waals surface area contributed by atoms with E-state index in [2.05, 4.69) is 9.71 Å². The van der Waals surface area contributed by atoms with Gasteiger partial charge in [-0.2, -0.15) is 0 Å². The van der Waals surface area contributed by atoms with E-state index in [0.29, 0.717) is 31.2 Å². The maximum Gasteiger partial charge on any atom is 0.237 e. The van der Waals surface area contributed by atoms with E-state index < -0.39 is 10.0 Å². The number of aromatic nitrogens is 1. The Morgan fingerprint density at radius 2 is 2.33 bits per heavy atom. The number of nitrogens with one attached hydrogen (secondary N) is 1. The first-order chi connectivity index (χ1) is 9.85. The zero-order chi connectivity index (χ0) is 15.5. The van der Waals surface area contributed by atoms with Crippen LogP contribution in [0.1, 0.15) is 11.8 Å². The van der Waals surface area contributed by atoms with E-state index in [1.54, 1.807) is 23.1 Å². The standard InChI is InChI=1S/C12H18N4O4S/c1-21(18,19)14-7-12(17)16-5-6-20-10(8-16)9-3-2-4-11(13)15-9/h2-4,10,14H,5-8H2,1H3,(H2,13,15). The minimum Gasteiger partial charge on any atom is -0.384 e. The van der Waals surface area contributed by atoms with Crippen LogP contribution in [0.4, 0.5) is 5.82 Å². The van der Waals surface area contributed by atoms with Crippen LogP contribution >= 0.6 is 0 Å². The van der Waals surface area contributed by atoms with Crippen molar-refractivity contribution in [1.82, 2.24) is 14.6 Å². The van der Waals surface area contributed by atoms with Gasteiger partial charge in [0.05, 0.1) is 31.6 Å². The normalized spacial score (nSPS) is 19.5. The van der Waals surface area contributed by atoms with Gasteiger partial charge in [-0.1, -0.05) is 6.07 Å². The number of nitrogens with two attached hydrogens (primary N) is 1. The highest BCUT2D eigenvalue weighted by molar-refractivity contribution is 7.88. The van der Waals surface area contributed by atoms with Gasteiger partial charge in [-0.15, -0.1) is 0 Å². The molecule has 1 aromatic heterocycles. The third-order valence-corrected chi connectivity index (χ3v) is 3.70. The molecule has 0 aromatic carbocycles. The van der Waals surface area contributed by atoms with Crippen molar-refractivity contribution in [3.05, 3.63) is 23.9 Å². The quantitative estimate of drug-likeness (QED) is 0.745. The van der Waals surface area contributed by atoms with Gasteiger partial charge in [0, 0.05) is 6.54 Å². The lowest BCUT2D eigenvalue weighted by Gasteiger charge is -2.32. The smallest absolute Gasteiger partial charge is 0.237 e. The molecule has 0 aliphatic carbocycles. The third kappa shape index (κ3) is 4.66. The summed E-state index contributed by atoms with van der Waals surface area (Å²) < 4.78 is 29.8. The fourth-order valence-corrected chi connectivity index (χ4v) is 2.39. The van der Waals surface area contributed by atoms with E-state index in [9.17, 15) is 13.2 Å². The Bertz CT molecular complexity index is 619. The van der Waals surface area contributed by atoms with Crippen LogP contribution in [0.2, 0.25) is 0 Å². The number of morpholine rings is 1. The first kappa shape index (κ1) is 15.7. The number of amides is 1. The van der Waals surface area contributed by atoms with Crippen molar-refractivity contribution < 1.29 is 17.9 Å².